The maximum Gasteiger partial charge on any atom is 0.240 e. The van der Waals surface area contributed by atoms with Crippen LogP contribution in [0.4, 0.5) is 0 Å². The smallest absolute Gasteiger partial charge is 0.240 e. The van der Waals surface area contributed by atoms with E-state index >= 15 is 0 Å². The van der Waals surface area contributed by atoms with Gasteiger partial charge >= 0.3 is 0 Å². The first-order chi connectivity index (χ1) is 9.69. The van der Waals surface area contributed by atoms with Gasteiger partial charge in [0.2, 0.25) is 5.91 Å². The lowest BCUT2D eigenvalue weighted by Gasteiger charge is -2.36. The Labute approximate surface area is 132 Å². The Morgan fingerprint density at radius 3 is 2.95 bits per heavy atom. The Balaban J connectivity index is 0.00000161. The number of hydrogen-bond donors (Lipinski definition) is 2. The van der Waals surface area contributed by atoms with Gasteiger partial charge in [-0.25, -0.2) is 0 Å². The van der Waals surface area contributed by atoms with Gasteiger partial charge in [0, 0.05) is 12.0 Å². The Morgan fingerprint density at radius 1 is 1.38 bits per heavy atom. The summed E-state index contributed by atoms with van der Waals surface area (Å²) < 4.78 is 5.64. The molecule has 1 aromatic carbocycles. The molecule has 1 aromatic rings. The number of hydrogen-bond acceptors (Lipinski definition) is 3. The summed E-state index contributed by atoms with van der Waals surface area (Å²) in [5, 5.41) is 6.57. The zero-order chi connectivity index (χ0) is 14.0. The minimum absolute atomic E-state index is 0. The SMILES string of the molecule is CC1(C(=O)NC2CCOc3ccccc32)CCCCN1.Cl. The number of para-hydroxylation sites is 1. The first-order valence-corrected chi connectivity index (χ1v) is 7.47. The molecular formula is C16H23ClN2O2. The van der Waals surface area contributed by atoms with Crippen molar-refractivity contribution in [1.82, 2.24) is 10.6 Å². The lowest BCUT2D eigenvalue weighted by atomic mass is 9.89. The molecule has 1 saturated heterocycles. The fourth-order valence-corrected chi connectivity index (χ4v) is 3.06. The fourth-order valence-electron chi connectivity index (χ4n) is 3.06. The maximum absolute atomic E-state index is 12.6. The van der Waals surface area contributed by atoms with Gasteiger partial charge in [-0.15, -0.1) is 12.4 Å². The number of carbonyl (C=O) groups is 1. The number of fused-ring (bicyclic) bond motifs is 1. The Hall–Kier alpha value is -1.26. The molecular weight excluding hydrogens is 288 g/mol. The third-order valence-corrected chi connectivity index (χ3v) is 4.38. The number of halogens is 1. The van der Waals surface area contributed by atoms with Crippen molar-refractivity contribution in [2.24, 2.45) is 0 Å². The average molecular weight is 311 g/mol. The monoisotopic (exact) mass is 310 g/mol. The molecule has 2 atom stereocenters. The summed E-state index contributed by atoms with van der Waals surface area (Å²) in [7, 11) is 0. The van der Waals surface area contributed by atoms with Crippen LogP contribution in [0.15, 0.2) is 24.3 Å². The van der Waals surface area contributed by atoms with E-state index in [9.17, 15) is 4.79 Å². The van der Waals surface area contributed by atoms with Crippen LogP contribution in [0.5, 0.6) is 5.75 Å². The summed E-state index contributed by atoms with van der Waals surface area (Å²) in [6.45, 7) is 3.59. The van der Waals surface area contributed by atoms with Crippen LogP contribution < -0.4 is 15.4 Å². The summed E-state index contributed by atoms with van der Waals surface area (Å²) in [6, 6.07) is 8.03. The third-order valence-electron chi connectivity index (χ3n) is 4.38. The molecule has 2 heterocycles. The number of amides is 1. The van der Waals surface area contributed by atoms with E-state index in [1.165, 1.54) is 0 Å². The van der Waals surface area contributed by atoms with E-state index in [4.69, 9.17) is 4.74 Å². The third kappa shape index (κ3) is 3.33. The van der Waals surface area contributed by atoms with Gasteiger partial charge in [-0.05, 0) is 38.8 Å². The molecule has 4 nitrogen and oxygen atoms in total. The second-order valence-corrected chi connectivity index (χ2v) is 5.92. The topological polar surface area (TPSA) is 50.4 Å². The molecule has 5 heteroatoms. The molecule has 0 spiro atoms. The summed E-state index contributed by atoms with van der Waals surface area (Å²) in [5.74, 6) is 1.00. The molecule has 2 unspecified atom stereocenters. The lowest BCUT2D eigenvalue weighted by molar-refractivity contribution is -0.128. The Morgan fingerprint density at radius 2 is 2.19 bits per heavy atom. The highest BCUT2D eigenvalue weighted by Gasteiger charge is 2.36. The highest BCUT2D eigenvalue weighted by Crippen LogP contribution is 2.32. The van der Waals surface area contributed by atoms with E-state index in [-0.39, 0.29) is 24.4 Å². The van der Waals surface area contributed by atoms with E-state index in [2.05, 4.69) is 10.6 Å². The molecule has 21 heavy (non-hydrogen) atoms. The zero-order valence-corrected chi connectivity index (χ0v) is 13.2. The maximum atomic E-state index is 12.6. The van der Waals surface area contributed by atoms with Crippen LogP contribution in [0, 0.1) is 0 Å². The van der Waals surface area contributed by atoms with Crippen LogP contribution in [0.1, 0.15) is 44.2 Å². The molecule has 0 radical (unpaired) electrons. The molecule has 116 valence electrons. The van der Waals surface area contributed by atoms with Crippen molar-refractivity contribution in [2.75, 3.05) is 13.2 Å². The molecule has 1 fully saturated rings. The van der Waals surface area contributed by atoms with Crippen LogP contribution in [0.25, 0.3) is 0 Å². The summed E-state index contributed by atoms with van der Waals surface area (Å²) in [6.07, 6.45) is 4.01. The zero-order valence-electron chi connectivity index (χ0n) is 12.4. The Bertz CT molecular complexity index is 501. The van der Waals surface area contributed by atoms with Crippen LogP contribution >= 0.6 is 12.4 Å². The van der Waals surface area contributed by atoms with Crippen LogP contribution in [-0.4, -0.2) is 24.6 Å². The lowest BCUT2D eigenvalue weighted by Crippen LogP contribution is -2.57. The number of carbonyl (C=O) groups excluding carboxylic acids is 1. The quantitative estimate of drug-likeness (QED) is 0.883. The summed E-state index contributed by atoms with van der Waals surface area (Å²) in [4.78, 5) is 12.6. The molecule has 0 aliphatic carbocycles. The molecule has 2 aliphatic heterocycles. The van der Waals surface area contributed by atoms with Crippen LogP contribution in [0.3, 0.4) is 0 Å². The minimum atomic E-state index is -0.425. The minimum Gasteiger partial charge on any atom is -0.493 e. The first-order valence-electron chi connectivity index (χ1n) is 7.47. The van der Waals surface area contributed by atoms with Gasteiger partial charge < -0.3 is 15.4 Å². The molecule has 2 aliphatic rings. The van der Waals surface area contributed by atoms with Gasteiger partial charge in [0.1, 0.15) is 5.75 Å². The first kappa shape index (κ1) is 16.1. The number of ether oxygens (including phenoxy) is 1. The van der Waals surface area contributed by atoms with Crippen molar-refractivity contribution in [2.45, 2.75) is 44.2 Å². The van der Waals surface area contributed by atoms with Crippen molar-refractivity contribution < 1.29 is 9.53 Å². The molecule has 0 aromatic heterocycles. The highest BCUT2D eigenvalue weighted by atomic mass is 35.5. The fraction of sp³-hybridized carbons (Fsp3) is 0.562. The van der Waals surface area contributed by atoms with Gasteiger partial charge in [-0.3, -0.25) is 4.79 Å². The number of rotatable bonds is 2. The van der Waals surface area contributed by atoms with E-state index in [1.54, 1.807) is 0 Å². The molecule has 1 amide bonds. The normalized spacial score (nSPS) is 27.8. The highest BCUT2D eigenvalue weighted by molar-refractivity contribution is 5.86. The number of piperidine rings is 1. The standard InChI is InChI=1S/C16H22N2O2.ClH/c1-16(9-4-5-10-17-16)15(19)18-13-8-11-20-14-7-3-2-6-12(13)14;/h2-3,6-7,13,17H,4-5,8-11H2,1H3,(H,18,19);1H. The van der Waals surface area contributed by atoms with Crippen LogP contribution in [0.2, 0.25) is 0 Å². The molecule has 0 saturated carbocycles. The van der Waals surface area contributed by atoms with Crippen molar-refractivity contribution >= 4 is 18.3 Å². The van der Waals surface area contributed by atoms with Crippen molar-refractivity contribution in [3.8, 4) is 5.75 Å². The second kappa shape index (κ2) is 6.67. The van der Waals surface area contributed by atoms with Crippen molar-refractivity contribution in [3.63, 3.8) is 0 Å². The summed E-state index contributed by atoms with van der Waals surface area (Å²) in [5.41, 5.74) is 0.664. The van der Waals surface area contributed by atoms with Crippen LogP contribution in [-0.2, 0) is 4.79 Å². The second-order valence-electron chi connectivity index (χ2n) is 5.92. The van der Waals surface area contributed by atoms with Crippen molar-refractivity contribution in [3.05, 3.63) is 29.8 Å². The van der Waals surface area contributed by atoms with E-state index in [0.717, 1.165) is 43.5 Å². The predicted molar refractivity (Wildman–Crippen MR) is 84.9 cm³/mol. The van der Waals surface area contributed by atoms with E-state index in [0.29, 0.717) is 6.61 Å². The number of benzene rings is 1. The van der Waals surface area contributed by atoms with E-state index < -0.39 is 5.54 Å². The number of nitrogens with one attached hydrogen (secondary N) is 2. The summed E-state index contributed by atoms with van der Waals surface area (Å²) >= 11 is 0. The molecule has 0 bridgehead atoms. The Kier molecular flexibility index (Phi) is 5.12. The van der Waals surface area contributed by atoms with Gasteiger partial charge in [-0.1, -0.05) is 18.2 Å². The largest absolute Gasteiger partial charge is 0.493 e. The predicted octanol–water partition coefficient (Wildman–Crippen LogP) is 2.58. The van der Waals surface area contributed by atoms with Gasteiger partial charge in [0.05, 0.1) is 18.2 Å². The van der Waals surface area contributed by atoms with Gasteiger partial charge in [-0.2, -0.15) is 0 Å². The molecule has 3 rings (SSSR count). The van der Waals surface area contributed by atoms with Gasteiger partial charge in [0.15, 0.2) is 0 Å². The van der Waals surface area contributed by atoms with Crippen molar-refractivity contribution in [1.29, 1.82) is 0 Å². The van der Waals surface area contributed by atoms with Gasteiger partial charge in [0.25, 0.3) is 0 Å². The van der Waals surface area contributed by atoms with E-state index in [1.807, 2.05) is 31.2 Å². The molecule has 2 N–H and O–H groups in total. The average Bonchev–Trinajstić information content (AvgIpc) is 2.48.